The fourth-order valence-corrected chi connectivity index (χ4v) is 1.51. The molecule has 1 aromatic heterocycles. The van der Waals surface area contributed by atoms with E-state index in [0.29, 0.717) is 22.6 Å². The monoisotopic (exact) mass is 246 g/mol. The van der Waals surface area contributed by atoms with Gasteiger partial charge in [0.25, 0.3) is 0 Å². The van der Waals surface area contributed by atoms with Gasteiger partial charge >= 0.3 is 6.01 Å². The summed E-state index contributed by atoms with van der Waals surface area (Å²) in [5.74, 6) is 0.524. The first-order valence-electron chi connectivity index (χ1n) is 5.54. The fraction of sp³-hybridized carbons (Fsp3) is 0.231. The number of hydrogen-bond acceptors (Lipinski definition) is 5. The molecule has 2 aromatic rings. The van der Waals surface area contributed by atoms with Crippen LogP contribution in [0.4, 0.5) is 0 Å². The molecule has 0 saturated carbocycles. The average Bonchev–Trinajstić information content (AvgIpc) is 2.39. The maximum Gasteiger partial charge on any atom is 0.322 e. The molecular formula is C13H14N2O3. The van der Waals surface area contributed by atoms with Crippen molar-refractivity contribution in [1.29, 1.82) is 0 Å². The van der Waals surface area contributed by atoms with Gasteiger partial charge in [-0.3, -0.25) is 0 Å². The van der Waals surface area contributed by atoms with E-state index in [4.69, 9.17) is 9.84 Å². The lowest BCUT2D eigenvalue weighted by Crippen LogP contribution is -1.99. The van der Waals surface area contributed by atoms with E-state index in [1.54, 1.807) is 19.1 Å². The Morgan fingerprint density at radius 3 is 2.50 bits per heavy atom. The van der Waals surface area contributed by atoms with E-state index < -0.39 is 0 Å². The summed E-state index contributed by atoms with van der Waals surface area (Å²) in [7, 11) is 0. The van der Waals surface area contributed by atoms with Crippen LogP contribution in [0.1, 0.15) is 16.8 Å². The molecular weight excluding hydrogens is 232 g/mol. The maximum atomic E-state index is 9.18. The summed E-state index contributed by atoms with van der Waals surface area (Å²) in [5, 5.41) is 18.2. The van der Waals surface area contributed by atoms with Crippen LogP contribution in [0.3, 0.4) is 0 Å². The lowest BCUT2D eigenvalue weighted by atomic mass is 10.2. The Morgan fingerprint density at radius 2 is 1.83 bits per heavy atom. The van der Waals surface area contributed by atoms with Crippen molar-refractivity contribution in [1.82, 2.24) is 9.97 Å². The molecule has 0 fully saturated rings. The Kier molecular flexibility index (Phi) is 3.86. The van der Waals surface area contributed by atoms with Gasteiger partial charge in [-0.2, -0.15) is 4.98 Å². The van der Waals surface area contributed by atoms with Crippen LogP contribution >= 0.6 is 0 Å². The Balaban J connectivity index is 2.26. The number of aromatic nitrogens is 2. The highest BCUT2D eigenvalue weighted by Gasteiger charge is 2.07. The molecule has 0 spiro atoms. The molecule has 94 valence electrons. The zero-order valence-corrected chi connectivity index (χ0v) is 10.00. The molecule has 5 heteroatoms. The van der Waals surface area contributed by atoms with Crippen LogP contribution in [-0.2, 0) is 13.2 Å². The molecule has 0 aliphatic heterocycles. The summed E-state index contributed by atoms with van der Waals surface area (Å²) in [6.07, 6.45) is 1.53. The highest BCUT2D eigenvalue weighted by Crippen LogP contribution is 2.23. The molecule has 18 heavy (non-hydrogen) atoms. The van der Waals surface area contributed by atoms with E-state index in [-0.39, 0.29) is 19.2 Å². The second-order valence-electron chi connectivity index (χ2n) is 3.79. The Hall–Kier alpha value is -1.98. The van der Waals surface area contributed by atoms with Gasteiger partial charge in [-0.05, 0) is 13.0 Å². The zero-order chi connectivity index (χ0) is 13.0. The Morgan fingerprint density at radius 1 is 1.11 bits per heavy atom. The van der Waals surface area contributed by atoms with Crippen LogP contribution in [0.15, 0.2) is 30.5 Å². The highest BCUT2D eigenvalue weighted by atomic mass is 16.5. The summed E-state index contributed by atoms with van der Waals surface area (Å²) in [6.45, 7) is 1.57. The van der Waals surface area contributed by atoms with Crippen molar-refractivity contribution in [3.05, 3.63) is 47.3 Å². The minimum Gasteiger partial charge on any atom is -0.424 e. The Bertz CT molecular complexity index is 544. The van der Waals surface area contributed by atoms with Crippen LogP contribution in [0.5, 0.6) is 11.8 Å². The lowest BCUT2D eigenvalue weighted by Gasteiger charge is -2.09. The molecule has 0 atom stereocenters. The molecule has 1 heterocycles. The standard InChI is InChI=1S/C13H14N2O3/c1-9-11(8-17)6-14-13(15-9)18-12-5-3-2-4-10(12)7-16/h2-6,16-17H,7-8H2,1H3. The van der Waals surface area contributed by atoms with Gasteiger partial charge in [0.2, 0.25) is 0 Å². The smallest absolute Gasteiger partial charge is 0.322 e. The van der Waals surface area contributed by atoms with Crippen LogP contribution < -0.4 is 4.74 Å². The van der Waals surface area contributed by atoms with Gasteiger partial charge in [0.1, 0.15) is 5.75 Å². The summed E-state index contributed by atoms with van der Waals surface area (Å²) in [6, 6.07) is 7.34. The molecule has 2 rings (SSSR count). The summed E-state index contributed by atoms with van der Waals surface area (Å²) in [5.41, 5.74) is 2.01. The van der Waals surface area contributed by atoms with Crippen molar-refractivity contribution in [3.63, 3.8) is 0 Å². The number of aryl methyl sites for hydroxylation is 1. The van der Waals surface area contributed by atoms with Crippen molar-refractivity contribution >= 4 is 0 Å². The largest absolute Gasteiger partial charge is 0.424 e. The third-order valence-electron chi connectivity index (χ3n) is 2.57. The molecule has 0 aliphatic carbocycles. The SMILES string of the molecule is Cc1nc(Oc2ccccc2CO)ncc1CO. The molecule has 1 aromatic carbocycles. The quantitative estimate of drug-likeness (QED) is 0.856. The van der Waals surface area contributed by atoms with Gasteiger partial charge in [-0.25, -0.2) is 4.98 Å². The van der Waals surface area contributed by atoms with E-state index in [0.717, 1.165) is 0 Å². The highest BCUT2D eigenvalue weighted by molar-refractivity contribution is 5.34. The summed E-state index contributed by atoms with van der Waals surface area (Å²) >= 11 is 0. The number of rotatable bonds is 4. The number of aliphatic hydroxyl groups is 2. The summed E-state index contributed by atoms with van der Waals surface area (Å²) in [4.78, 5) is 8.15. The zero-order valence-electron chi connectivity index (χ0n) is 10.00. The predicted molar refractivity (Wildman–Crippen MR) is 65.1 cm³/mol. The Labute approximate surface area is 105 Å². The maximum absolute atomic E-state index is 9.18. The van der Waals surface area contributed by atoms with Crippen molar-refractivity contribution in [2.75, 3.05) is 0 Å². The third-order valence-corrected chi connectivity index (χ3v) is 2.57. The normalized spacial score (nSPS) is 10.4. The van der Waals surface area contributed by atoms with Gasteiger partial charge in [0.15, 0.2) is 0 Å². The number of ether oxygens (including phenoxy) is 1. The molecule has 0 amide bonds. The molecule has 0 aliphatic rings. The second-order valence-corrected chi connectivity index (χ2v) is 3.79. The van der Waals surface area contributed by atoms with Gasteiger partial charge < -0.3 is 14.9 Å². The molecule has 5 nitrogen and oxygen atoms in total. The first kappa shape index (κ1) is 12.5. The molecule has 0 unspecified atom stereocenters. The predicted octanol–water partition coefficient (Wildman–Crippen LogP) is 1.56. The van der Waals surface area contributed by atoms with Crippen LogP contribution in [0.2, 0.25) is 0 Å². The lowest BCUT2D eigenvalue weighted by molar-refractivity contribution is 0.274. The van der Waals surface area contributed by atoms with Crippen molar-refractivity contribution in [2.24, 2.45) is 0 Å². The first-order valence-corrected chi connectivity index (χ1v) is 5.54. The minimum absolute atomic E-state index is 0.0979. The van der Waals surface area contributed by atoms with Crippen molar-refractivity contribution in [3.8, 4) is 11.8 Å². The van der Waals surface area contributed by atoms with Gasteiger partial charge in [0, 0.05) is 17.3 Å². The van der Waals surface area contributed by atoms with E-state index >= 15 is 0 Å². The van der Waals surface area contributed by atoms with E-state index in [1.165, 1.54) is 6.20 Å². The number of benzene rings is 1. The van der Waals surface area contributed by atoms with Gasteiger partial charge in [0.05, 0.1) is 18.9 Å². The second kappa shape index (κ2) is 5.57. The van der Waals surface area contributed by atoms with Gasteiger partial charge in [-0.15, -0.1) is 0 Å². The molecule has 0 bridgehead atoms. The van der Waals surface area contributed by atoms with E-state index in [2.05, 4.69) is 9.97 Å². The average molecular weight is 246 g/mol. The van der Waals surface area contributed by atoms with Gasteiger partial charge in [-0.1, -0.05) is 18.2 Å². The molecule has 0 saturated heterocycles. The van der Waals surface area contributed by atoms with E-state index in [9.17, 15) is 5.11 Å². The molecule has 2 N–H and O–H groups in total. The fourth-order valence-electron chi connectivity index (χ4n) is 1.51. The van der Waals surface area contributed by atoms with Crippen molar-refractivity contribution < 1.29 is 14.9 Å². The van der Waals surface area contributed by atoms with Crippen LogP contribution in [0, 0.1) is 6.92 Å². The number of hydrogen-bond donors (Lipinski definition) is 2. The minimum atomic E-state index is -0.107. The van der Waals surface area contributed by atoms with Crippen LogP contribution in [-0.4, -0.2) is 20.2 Å². The van der Waals surface area contributed by atoms with Crippen molar-refractivity contribution in [2.45, 2.75) is 20.1 Å². The first-order chi connectivity index (χ1) is 8.74. The number of para-hydroxylation sites is 1. The molecule has 0 radical (unpaired) electrons. The topological polar surface area (TPSA) is 75.5 Å². The van der Waals surface area contributed by atoms with E-state index in [1.807, 2.05) is 12.1 Å². The third kappa shape index (κ3) is 2.64. The van der Waals surface area contributed by atoms with Crippen LogP contribution in [0.25, 0.3) is 0 Å². The number of aliphatic hydroxyl groups excluding tert-OH is 2. The number of nitrogens with zero attached hydrogens (tertiary/aromatic N) is 2. The summed E-state index contributed by atoms with van der Waals surface area (Å²) < 4.78 is 5.52.